The van der Waals surface area contributed by atoms with Gasteiger partial charge in [0.1, 0.15) is 17.9 Å². The molecule has 0 saturated carbocycles. The number of aliphatic hydroxyl groups is 1. The molecule has 0 atom stereocenters. The number of hydrogen-bond acceptors (Lipinski definition) is 4. The molecule has 3 N–H and O–H groups in total. The molecule has 7 heteroatoms. The van der Waals surface area contributed by atoms with Crippen LogP contribution < -0.4 is 5.32 Å². The molecule has 1 heterocycles. The molecular weight excluding hydrogens is 372 g/mol. The number of aliphatic hydroxyl groups excluding tert-OH is 1. The number of hydrogen-bond donors (Lipinski definition) is 3. The molecule has 0 unspecified atom stereocenters. The van der Waals surface area contributed by atoms with Crippen molar-refractivity contribution in [1.29, 1.82) is 0 Å². The van der Waals surface area contributed by atoms with E-state index in [1.54, 1.807) is 0 Å². The van der Waals surface area contributed by atoms with Crippen molar-refractivity contribution in [2.45, 2.75) is 19.4 Å². The zero-order chi connectivity index (χ0) is 20.8. The summed E-state index contributed by atoms with van der Waals surface area (Å²) in [6.45, 7) is -0.0364. The first-order chi connectivity index (χ1) is 13.9. The van der Waals surface area contributed by atoms with Crippen LogP contribution in [-0.4, -0.2) is 46.0 Å². The predicted molar refractivity (Wildman–Crippen MR) is 106 cm³/mol. The minimum absolute atomic E-state index is 0.146. The highest BCUT2D eigenvalue weighted by Gasteiger charge is 2.32. The van der Waals surface area contributed by atoms with Crippen molar-refractivity contribution in [2.24, 2.45) is 0 Å². The molecule has 1 aliphatic rings. The topological polar surface area (TPSA) is 107 Å². The molecule has 1 aliphatic heterocycles. The molecule has 0 radical (unpaired) electrons. The van der Waals surface area contributed by atoms with E-state index in [-0.39, 0.29) is 18.7 Å². The van der Waals surface area contributed by atoms with Crippen molar-refractivity contribution in [3.05, 3.63) is 82.6 Å². The van der Waals surface area contributed by atoms with Gasteiger partial charge in [0.15, 0.2) is 0 Å². The highest BCUT2D eigenvalue weighted by molar-refractivity contribution is 6.19. The van der Waals surface area contributed by atoms with Gasteiger partial charge in [0.2, 0.25) is 0 Å². The minimum atomic E-state index is -1.23. The van der Waals surface area contributed by atoms with Gasteiger partial charge in [0.05, 0.1) is 0 Å². The first-order valence-corrected chi connectivity index (χ1v) is 9.27. The van der Waals surface area contributed by atoms with Crippen LogP contribution in [0.25, 0.3) is 0 Å². The van der Waals surface area contributed by atoms with Gasteiger partial charge in [-0.05, 0) is 23.1 Å². The Kier molecular flexibility index (Phi) is 6.29. The van der Waals surface area contributed by atoms with Gasteiger partial charge in [0.25, 0.3) is 11.8 Å². The van der Waals surface area contributed by atoms with Crippen LogP contribution in [0, 0.1) is 0 Å². The molecule has 0 aromatic heterocycles. The summed E-state index contributed by atoms with van der Waals surface area (Å²) in [7, 11) is 0. The maximum atomic E-state index is 12.6. The highest BCUT2D eigenvalue weighted by atomic mass is 16.4. The Hall–Kier alpha value is -3.61. The quantitative estimate of drug-likeness (QED) is 0.623. The zero-order valence-corrected chi connectivity index (χ0v) is 15.8. The molecule has 2 aromatic carbocycles. The van der Waals surface area contributed by atoms with Crippen molar-refractivity contribution < 1.29 is 24.6 Å². The van der Waals surface area contributed by atoms with Gasteiger partial charge in [0, 0.05) is 19.5 Å². The lowest BCUT2D eigenvalue weighted by atomic mass is 10.0. The van der Waals surface area contributed by atoms with Gasteiger partial charge in [-0.1, -0.05) is 54.6 Å². The molecule has 0 fully saturated rings. The number of carboxylic acids is 1. The fourth-order valence-corrected chi connectivity index (χ4v) is 3.19. The summed E-state index contributed by atoms with van der Waals surface area (Å²) in [5.74, 6) is -3.02. The van der Waals surface area contributed by atoms with Crippen LogP contribution in [0.4, 0.5) is 0 Å². The summed E-state index contributed by atoms with van der Waals surface area (Å²) in [4.78, 5) is 36.8. The Bertz CT molecular complexity index is 935. The highest BCUT2D eigenvalue weighted by Crippen LogP contribution is 2.20. The third kappa shape index (κ3) is 5.22. The number of aliphatic carboxylic acids is 1. The van der Waals surface area contributed by atoms with Crippen LogP contribution in [0.1, 0.15) is 23.1 Å². The smallest absolute Gasteiger partial charge is 0.322 e. The van der Waals surface area contributed by atoms with E-state index < -0.39 is 29.9 Å². The maximum absolute atomic E-state index is 12.6. The van der Waals surface area contributed by atoms with E-state index in [1.807, 2.05) is 42.5 Å². The van der Waals surface area contributed by atoms with E-state index in [9.17, 15) is 19.5 Å². The van der Waals surface area contributed by atoms with E-state index in [0.717, 1.165) is 17.5 Å². The number of nitrogens with one attached hydrogen (secondary N) is 1. The Morgan fingerprint density at radius 3 is 2.24 bits per heavy atom. The van der Waals surface area contributed by atoms with Crippen molar-refractivity contribution in [2.75, 3.05) is 13.1 Å². The van der Waals surface area contributed by atoms with Crippen molar-refractivity contribution in [1.82, 2.24) is 10.2 Å². The Labute approximate surface area is 168 Å². The third-order valence-electron chi connectivity index (χ3n) is 4.68. The van der Waals surface area contributed by atoms with Crippen LogP contribution in [0.3, 0.4) is 0 Å². The number of rotatable bonds is 7. The van der Waals surface area contributed by atoms with Gasteiger partial charge < -0.3 is 20.4 Å². The lowest BCUT2D eigenvalue weighted by Crippen LogP contribution is -2.43. The Morgan fingerprint density at radius 2 is 1.59 bits per heavy atom. The van der Waals surface area contributed by atoms with E-state index in [1.165, 1.54) is 10.5 Å². The van der Waals surface area contributed by atoms with Crippen LogP contribution >= 0.6 is 0 Å². The first-order valence-electron chi connectivity index (χ1n) is 9.27. The summed E-state index contributed by atoms with van der Waals surface area (Å²) >= 11 is 0. The van der Waals surface area contributed by atoms with Gasteiger partial charge in [-0.2, -0.15) is 0 Å². The van der Waals surface area contributed by atoms with E-state index >= 15 is 0 Å². The largest absolute Gasteiger partial charge is 0.511 e. The van der Waals surface area contributed by atoms with Gasteiger partial charge in [-0.3, -0.25) is 14.4 Å². The molecule has 0 bridgehead atoms. The number of amides is 2. The third-order valence-corrected chi connectivity index (χ3v) is 4.68. The van der Waals surface area contributed by atoms with Crippen LogP contribution in [-0.2, 0) is 27.3 Å². The average molecular weight is 394 g/mol. The number of benzene rings is 2. The second kappa shape index (κ2) is 9.05. The number of carboxylic acid groups (broad SMARTS) is 1. The standard InChI is InChI=1S/C22H22N2O5/c25-18-10-11-24(22(29)20(18)21(28)23-13-19(26)27)14-17-8-6-16(7-9-17)12-15-4-2-1-3-5-15/h1-9,25H,10-14H2,(H,23,28)(H,26,27). The summed E-state index contributed by atoms with van der Waals surface area (Å²) in [6.07, 6.45) is 0.960. The van der Waals surface area contributed by atoms with Crippen LogP contribution in [0.2, 0.25) is 0 Å². The number of nitrogens with zero attached hydrogens (tertiary/aromatic N) is 1. The van der Waals surface area contributed by atoms with Gasteiger partial charge >= 0.3 is 5.97 Å². The normalized spacial score (nSPS) is 14.1. The monoisotopic (exact) mass is 394 g/mol. The fraction of sp³-hybridized carbons (Fsp3) is 0.227. The molecule has 0 saturated heterocycles. The summed E-state index contributed by atoms with van der Waals surface area (Å²) in [6, 6.07) is 18.0. The lowest BCUT2D eigenvalue weighted by molar-refractivity contribution is -0.138. The predicted octanol–water partition coefficient (Wildman–Crippen LogP) is 2.02. The average Bonchev–Trinajstić information content (AvgIpc) is 2.71. The molecule has 0 spiro atoms. The van der Waals surface area contributed by atoms with Gasteiger partial charge in [-0.15, -0.1) is 0 Å². The van der Waals surface area contributed by atoms with Crippen LogP contribution in [0.15, 0.2) is 65.9 Å². The van der Waals surface area contributed by atoms with Gasteiger partial charge in [-0.25, -0.2) is 0 Å². The Morgan fingerprint density at radius 1 is 0.966 bits per heavy atom. The SMILES string of the molecule is O=C(O)CNC(=O)C1=C(O)CCN(Cc2ccc(Cc3ccccc3)cc2)C1=O. The van der Waals surface area contributed by atoms with E-state index in [0.29, 0.717) is 6.54 Å². The summed E-state index contributed by atoms with van der Waals surface area (Å²) < 4.78 is 0. The molecule has 150 valence electrons. The zero-order valence-electron chi connectivity index (χ0n) is 15.8. The van der Waals surface area contributed by atoms with Crippen molar-refractivity contribution in [3.63, 3.8) is 0 Å². The molecule has 2 amide bonds. The van der Waals surface area contributed by atoms with Crippen LogP contribution in [0.5, 0.6) is 0 Å². The second-order valence-corrected chi connectivity index (χ2v) is 6.85. The first kappa shape index (κ1) is 20.1. The van der Waals surface area contributed by atoms with E-state index in [2.05, 4.69) is 17.4 Å². The van der Waals surface area contributed by atoms with Crippen molar-refractivity contribution in [3.8, 4) is 0 Å². The minimum Gasteiger partial charge on any atom is -0.511 e. The summed E-state index contributed by atoms with van der Waals surface area (Å²) in [5, 5.41) is 20.7. The van der Waals surface area contributed by atoms with Crippen molar-refractivity contribution >= 4 is 17.8 Å². The molecule has 0 aliphatic carbocycles. The fourth-order valence-electron chi connectivity index (χ4n) is 3.19. The molecule has 3 rings (SSSR count). The number of carbonyl (C=O) groups excluding carboxylic acids is 2. The summed E-state index contributed by atoms with van der Waals surface area (Å²) in [5.41, 5.74) is 2.88. The molecular formula is C22H22N2O5. The lowest BCUT2D eigenvalue weighted by Gasteiger charge is -2.28. The number of carbonyl (C=O) groups is 3. The second-order valence-electron chi connectivity index (χ2n) is 6.85. The van der Waals surface area contributed by atoms with E-state index in [4.69, 9.17) is 5.11 Å². The Balaban J connectivity index is 1.65. The molecule has 2 aromatic rings. The molecule has 7 nitrogen and oxygen atoms in total. The molecule has 29 heavy (non-hydrogen) atoms. The maximum Gasteiger partial charge on any atom is 0.322 e.